The van der Waals surface area contributed by atoms with Crippen molar-refractivity contribution >= 4 is 5.97 Å². The molecule has 0 radical (unpaired) electrons. The molecule has 0 aliphatic heterocycles. The minimum atomic E-state index is -0.587. The predicted molar refractivity (Wildman–Crippen MR) is 103 cm³/mol. The predicted octanol–water partition coefficient (Wildman–Crippen LogP) is 4.77. The first kappa shape index (κ1) is 20.2. The van der Waals surface area contributed by atoms with E-state index in [1.165, 1.54) is 17.7 Å². The van der Waals surface area contributed by atoms with Gasteiger partial charge in [0, 0.05) is 6.42 Å². The summed E-state index contributed by atoms with van der Waals surface area (Å²) < 4.78 is 5.72. The third-order valence-corrected chi connectivity index (χ3v) is 5.15. The number of phenolic OH excluding ortho intramolecular Hbond substituents is 1. The van der Waals surface area contributed by atoms with Gasteiger partial charge in [-0.3, -0.25) is 0 Å². The number of aromatic hydroxyl groups is 1. The van der Waals surface area contributed by atoms with Crippen LogP contribution in [0, 0.1) is 5.41 Å². The van der Waals surface area contributed by atoms with Crippen LogP contribution < -0.4 is 0 Å². The van der Waals surface area contributed by atoms with Gasteiger partial charge in [0.05, 0.1) is 11.7 Å². The SMILES string of the molecule is C/C1=C/C[C@@H](OC(=O)c2ccc(O)cc2)/C(C)=C\[C@@H](O)C(C)(C)CCC1. The molecule has 0 heterocycles. The van der Waals surface area contributed by atoms with E-state index in [0.29, 0.717) is 12.0 Å². The molecule has 2 rings (SSSR count). The lowest BCUT2D eigenvalue weighted by molar-refractivity contribution is 0.0368. The van der Waals surface area contributed by atoms with Crippen molar-refractivity contribution in [2.24, 2.45) is 5.41 Å². The van der Waals surface area contributed by atoms with Crippen molar-refractivity contribution in [2.45, 2.75) is 65.6 Å². The highest BCUT2D eigenvalue weighted by Crippen LogP contribution is 2.31. The van der Waals surface area contributed by atoms with Crippen LogP contribution in [0.25, 0.3) is 0 Å². The number of allylic oxidation sites excluding steroid dienone is 1. The maximum absolute atomic E-state index is 12.5. The number of carbonyl (C=O) groups excluding carboxylic acids is 1. The number of benzene rings is 1. The number of hydrogen-bond donors (Lipinski definition) is 2. The molecule has 1 aliphatic rings. The second-order valence-corrected chi connectivity index (χ2v) is 7.92. The van der Waals surface area contributed by atoms with E-state index >= 15 is 0 Å². The summed E-state index contributed by atoms with van der Waals surface area (Å²) in [6, 6.07) is 6.02. The Labute approximate surface area is 156 Å². The van der Waals surface area contributed by atoms with E-state index in [2.05, 4.69) is 26.8 Å². The van der Waals surface area contributed by atoms with Crippen molar-refractivity contribution in [1.29, 1.82) is 0 Å². The Morgan fingerprint density at radius 3 is 2.50 bits per heavy atom. The average Bonchev–Trinajstić information content (AvgIpc) is 2.59. The van der Waals surface area contributed by atoms with Gasteiger partial charge in [-0.1, -0.05) is 31.6 Å². The van der Waals surface area contributed by atoms with Gasteiger partial charge in [0.25, 0.3) is 0 Å². The average molecular weight is 358 g/mol. The maximum atomic E-state index is 12.5. The summed E-state index contributed by atoms with van der Waals surface area (Å²) in [5, 5.41) is 20.0. The zero-order valence-corrected chi connectivity index (χ0v) is 16.2. The fraction of sp³-hybridized carbons (Fsp3) is 0.500. The molecule has 0 saturated heterocycles. The lowest BCUT2D eigenvalue weighted by Crippen LogP contribution is -2.29. The normalized spacial score (nSPS) is 28.0. The lowest BCUT2D eigenvalue weighted by Gasteiger charge is -2.29. The molecule has 0 bridgehead atoms. The first-order chi connectivity index (χ1) is 12.2. The molecule has 142 valence electrons. The number of hydrogen-bond acceptors (Lipinski definition) is 4. The van der Waals surface area contributed by atoms with Crippen molar-refractivity contribution in [1.82, 2.24) is 0 Å². The van der Waals surface area contributed by atoms with Crippen molar-refractivity contribution in [2.75, 3.05) is 0 Å². The summed E-state index contributed by atoms with van der Waals surface area (Å²) in [5.74, 6) is -0.325. The summed E-state index contributed by atoms with van der Waals surface area (Å²) in [5.41, 5.74) is 2.29. The molecule has 1 aromatic carbocycles. The molecule has 2 atom stereocenters. The Morgan fingerprint density at radius 2 is 1.85 bits per heavy atom. The van der Waals surface area contributed by atoms with Crippen molar-refractivity contribution in [3.63, 3.8) is 0 Å². The Bertz CT molecular complexity index is 683. The number of phenols is 1. The minimum Gasteiger partial charge on any atom is -0.508 e. The number of ether oxygens (including phenoxy) is 1. The fourth-order valence-corrected chi connectivity index (χ4v) is 3.08. The molecule has 0 unspecified atom stereocenters. The minimum absolute atomic E-state index is 0.108. The maximum Gasteiger partial charge on any atom is 0.338 e. The molecule has 4 nitrogen and oxygen atoms in total. The van der Waals surface area contributed by atoms with E-state index in [4.69, 9.17) is 4.74 Å². The lowest BCUT2D eigenvalue weighted by atomic mass is 9.80. The quantitative estimate of drug-likeness (QED) is 0.590. The van der Waals surface area contributed by atoms with Crippen LogP contribution in [0.3, 0.4) is 0 Å². The zero-order chi connectivity index (χ0) is 19.3. The molecule has 0 fully saturated rings. The van der Waals surface area contributed by atoms with Gasteiger partial charge in [-0.2, -0.15) is 0 Å². The van der Waals surface area contributed by atoms with Crippen LogP contribution in [-0.2, 0) is 4.74 Å². The summed E-state index contributed by atoms with van der Waals surface area (Å²) in [6.07, 6.45) is 6.46. The van der Waals surface area contributed by atoms with E-state index in [0.717, 1.165) is 24.8 Å². The van der Waals surface area contributed by atoms with Crippen molar-refractivity contribution in [3.8, 4) is 5.75 Å². The molecular weight excluding hydrogens is 328 g/mol. The largest absolute Gasteiger partial charge is 0.508 e. The van der Waals surface area contributed by atoms with Crippen LogP contribution in [0.1, 0.15) is 63.7 Å². The van der Waals surface area contributed by atoms with Crippen molar-refractivity contribution in [3.05, 3.63) is 53.1 Å². The Hall–Kier alpha value is -2.07. The van der Waals surface area contributed by atoms with Crippen LogP contribution in [-0.4, -0.2) is 28.4 Å². The van der Waals surface area contributed by atoms with Gasteiger partial charge < -0.3 is 14.9 Å². The molecule has 1 aromatic rings. The van der Waals surface area contributed by atoms with Gasteiger partial charge in [0.2, 0.25) is 0 Å². The van der Waals surface area contributed by atoms with Gasteiger partial charge in [-0.25, -0.2) is 4.79 Å². The second-order valence-electron chi connectivity index (χ2n) is 7.92. The van der Waals surface area contributed by atoms with Gasteiger partial charge in [0.15, 0.2) is 0 Å². The molecule has 0 amide bonds. The monoisotopic (exact) mass is 358 g/mol. The summed E-state index contributed by atoms with van der Waals surface area (Å²) >= 11 is 0. The van der Waals surface area contributed by atoms with E-state index in [1.54, 1.807) is 12.1 Å². The summed E-state index contributed by atoms with van der Waals surface area (Å²) in [7, 11) is 0. The fourth-order valence-electron chi connectivity index (χ4n) is 3.08. The Kier molecular flexibility index (Phi) is 6.65. The summed E-state index contributed by atoms with van der Waals surface area (Å²) in [6.45, 7) is 8.13. The highest BCUT2D eigenvalue weighted by molar-refractivity contribution is 5.89. The third-order valence-electron chi connectivity index (χ3n) is 5.15. The van der Waals surface area contributed by atoms with E-state index in [9.17, 15) is 15.0 Å². The Balaban J connectivity index is 2.25. The highest BCUT2D eigenvalue weighted by Gasteiger charge is 2.28. The number of esters is 1. The first-order valence-electron chi connectivity index (χ1n) is 9.21. The second kappa shape index (κ2) is 8.54. The smallest absolute Gasteiger partial charge is 0.338 e. The van der Waals surface area contributed by atoms with Crippen LogP contribution >= 0.6 is 0 Å². The topological polar surface area (TPSA) is 66.8 Å². The van der Waals surface area contributed by atoms with E-state index < -0.39 is 18.2 Å². The Morgan fingerprint density at radius 1 is 1.19 bits per heavy atom. The molecule has 2 N–H and O–H groups in total. The molecule has 0 spiro atoms. The number of aliphatic hydroxyl groups is 1. The number of aliphatic hydroxyl groups excluding tert-OH is 1. The zero-order valence-electron chi connectivity index (χ0n) is 16.2. The number of rotatable bonds is 2. The molecule has 26 heavy (non-hydrogen) atoms. The van der Waals surface area contributed by atoms with Crippen LogP contribution in [0.15, 0.2) is 47.6 Å². The van der Waals surface area contributed by atoms with Crippen LogP contribution in [0.4, 0.5) is 0 Å². The van der Waals surface area contributed by atoms with E-state index in [-0.39, 0.29) is 11.2 Å². The van der Waals surface area contributed by atoms with Gasteiger partial charge >= 0.3 is 5.97 Å². The van der Waals surface area contributed by atoms with Gasteiger partial charge in [0.1, 0.15) is 11.9 Å². The van der Waals surface area contributed by atoms with Crippen molar-refractivity contribution < 1.29 is 19.7 Å². The standard InChI is InChI=1S/C22H30O4/c1-15-6-5-13-22(3,4)20(24)14-16(2)19(12-7-15)26-21(25)17-8-10-18(23)11-9-17/h7-11,14,19-20,23-24H,5-6,12-13H2,1-4H3/b15-7-,16-14-/t19-,20-/m1/s1. The highest BCUT2D eigenvalue weighted by atomic mass is 16.5. The van der Waals surface area contributed by atoms with Crippen LogP contribution in [0.5, 0.6) is 5.75 Å². The van der Waals surface area contributed by atoms with Gasteiger partial charge in [-0.15, -0.1) is 0 Å². The molecule has 0 saturated carbocycles. The van der Waals surface area contributed by atoms with Crippen LogP contribution in [0.2, 0.25) is 0 Å². The molecule has 4 heteroatoms. The number of carbonyl (C=O) groups is 1. The first-order valence-corrected chi connectivity index (χ1v) is 9.21. The molecular formula is C22H30O4. The molecule has 0 aromatic heterocycles. The third kappa shape index (κ3) is 5.46. The van der Waals surface area contributed by atoms with E-state index in [1.807, 2.05) is 13.0 Å². The molecule has 1 aliphatic carbocycles. The summed E-state index contributed by atoms with van der Waals surface area (Å²) in [4.78, 5) is 12.5. The van der Waals surface area contributed by atoms with Gasteiger partial charge in [-0.05, 0) is 68.4 Å².